The number of benzene rings is 1. The number of aliphatic hydroxyl groups is 1. The number of carboxylic acids is 2. The van der Waals surface area contributed by atoms with Crippen LogP contribution in [0.4, 0.5) is 4.79 Å². The largest absolute Gasteiger partial charge is 0.482 e. The Balaban J connectivity index is 3.25. The first-order valence-corrected chi connectivity index (χ1v) is 13.2. The van der Waals surface area contributed by atoms with Crippen LogP contribution in [0.3, 0.4) is 0 Å². The summed E-state index contributed by atoms with van der Waals surface area (Å²) in [5, 5.41) is 32.2. The number of aliphatic carboxylic acids is 2. The molecule has 0 radical (unpaired) electrons. The Kier molecular flexibility index (Phi) is 12.1. The molecular formula is C29H47NO8. The summed E-state index contributed by atoms with van der Waals surface area (Å²) < 4.78 is 11.0. The van der Waals surface area contributed by atoms with E-state index in [1.165, 1.54) is 6.92 Å². The average molecular weight is 538 g/mol. The predicted octanol–water partition coefficient (Wildman–Crippen LogP) is 5.02. The summed E-state index contributed by atoms with van der Waals surface area (Å²) in [6, 6.07) is 5.07. The fourth-order valence-electron chi connectivity index (χ4n) is 4.19. The van der Waals surface area contributed by atoms with Gasteiger partial charge in [-0.05, 0) is 74.5 Å². The maximum atomic E-state index is 12.6. The molecule has 1 aromatic carbocycles. The molecule has 1 aromatic rings. The fourth-order valence-corrected chi connectivity index (χ4v) is 4.19. The van der Waals surface area contributed by atoms with Crippen molar-refractivity contribution in [1.29, 1.82) is 0 Å². The van der Waals surface area contributed by atoms with E-state index in [2.05, 4.69) is 5.32 Å². The van der Waals surface area contributed by atoms with E-state index in [1.807, 2.05) is 52.8 Å². The van der Waals surface area contributed by atoms with Crippen LogP contribution < -0.4 is 10.1 Å². The van der Waals surface area contributed by atoms with Crippen molar-refractivity contribution < 1.29 is 39.2 Å². The number of hydrogen-bond donors (Lipinski definition) is 4. The van der Waals surface area contributed by atoms with E-state index >= 15 is 0 Å². The minimum absolute atomic E-state index is 0.00229. The van der Waals surface area contributed by atoms with E-state index in [4.69, 9.17) is 14.6 Å². The molecule has 0 heterocycles. The fraction of sp³-hybridized carbons (Fsp3) is 0.690. The minimum Gasteiger partial charge on any atom is -0.482 e. The molecule has 0 spiro atoms. The molecule has 0 fully saturated rings. The van der Waals surface area contributed by atoms with E-state index in [-0.39, 0.29) is 23.7 Å². The van der Waals surface area contributed by atoms with E-state index < -0.39 is 48.3 Å². The molecule has 4 atom stereocenters. The lowest BCUT2D eigenvalue weighted by atomic mass is 9.80. The Hall–Kier alpha value is -2.81. The van der Waals surface area contributed by atoms with Gasteiger partial charge in [-0.15, -0.1) is 0 Å². The number of aliphatic hydroxyl groups excluding tert-OH is 1. The molecule has 0 aliphatic heterocycles. The zero-order valence-corrected chi connectivity index (χ0v) is 24.3. The number of carbonyl (C=O) groups excluding carboxylic acids is 1. The molecule has 4 N–H and O–H groups in total. The monoisotopic (exact) mass is 537 g/mol. The molecule has 1 rings (SSSR count). The van der Waals surface area contributed by atoms with Crippen LogP contribution >= 0.6 is 0 Å². The topological polar surface area (TPSA) is 142 Å². The van der Waals surface area contributed by atoms with Gasteiger partial charge in [0.1, 0.15) is 11.4 Å². The lowest BCUT2D eigenvalue weighted by molar-refractivity contribution is -0.142. The molecule has 9 heteroatoms. The van der Waals surface area contributed by atoms with Crippen molar-refractivity contribution in [2.45, 2.75) is 105 Å². The van der Waals surface area contributed by atoms with Gasteiger partial charge in [-0.1, -0.05) is 53.7 Å². The minimum atomic E-state index is -1.09. The van der Waals surface area contributed by atoms with Gasteiger partial charge in [0.2, 0.25) is 0 Å². The summed E-state index contributed by atoms with van der Waals surface area (Å²) >= 11 is 0. The van der Waals surface area contributed by atoms with Gasteiger partial charge in [-0.25, -0.2) is 9.59 Å². The standard InChI is InChI=1S/C29H47NO8/c1-17(2)20(13-19-10-11-21(28(4,5)6)24(14-19)37-16-25(32)33)15-22(23(31)12-18(3)26(34)35)30-27(36)38-29(7,8)9/h10-11,14,17-18,20,22-23,31H,12-13,15-16H2,1-9H3,(H,30,36)(H,32,33)(H,34,35)/t18?,20-,22-,23-/m0/s1. The van der Waals surface area contributed by atoms with Gasteiger partial charge < -0.3 is 30.1 Å². The first kappa shape index (κ1) is 33.2. The molecule has 216 valence electrons. The van der Waals surface area contributed by atoms with Gasteiger partial charge in [-0.3, -0.25) is 4.79 Å². The number of carbonyl (C=O) groups is 3. The van der Waals surface area contributed by atoms with Gasteiger partial charge in [0.25, 0.3) is 0 Å². The zero-order valence-electron chi connectivity index (χ0n) is 24.3. The summed E-state index contributed by atoms with van der Waals surface area (Å²) in [5.74, 6) is -2.20. The summed E-state index contributed by atoms with van der Waals surface area (Å²) in [7, 11) is 0. The number of rotatable bonds is 13. The van der Waals surface area contributed by atoms with Crippen LogP contribution in [0.2, 0.25) is 0 Å². The summed E-state index contributed by atoms with van der Waals surface area (Å²) in [5.41, 5.74) is 0.844. The number of ether oxygens (including phenoxy) is 2. The third-order valence-electron chi connectivity index (χ3n) is 6.39. The van der Waals surface area contributed by atoms with Crippen LogP contribution in [0.1, 0.15) is 86.3 Å². The highest BCUT2D eigenvalue weighted by Crippen LogP contribution is 2.34. The van der Waals surface area contributed by atoms with Gasteiger partial charge in [-0.2, -0.15) is 0 Å². The van der Waals surface area contributed by atoms with Crippen LogP contribution in [0.5, 0.6) is 5.75 Å². The maximum absolute atomic E-state index is 12.6. The van der Waals surface area contributed by atoms with Crippen molar-refractivity contribution >= 4 is 18.0 Å². The summed E-state index contributed by atoms with van der Waals surface area (Å²) in [6.07, 6.45) is -0.817. The number of nitrogens with one attached hydrogen (secondary N) is 1. The molecular weight excluding hydrogens is 490 g/mol. The van der Waals surface area contributed by atoms with Crippen molar-refractivity contribution in [2.24, 2.45) is 17.8 Å². The maximum Gasteiger partial charge on any atom is 0.407 e. The van der Waals surface area contributed by atoms with Crippen LogP contribution in [0.25, 0.3) is 0 Å². The molecule has 0 aromatic heterocycles. The molecule has 1 amide bonds. The molecule has 0 aliphatic carbocycles. The zero-order chi connectivity index (χ0) is 29.4. The highest BCUT2D eigenvalue weighted by Gasteiger charge is 2.31. The average Bonchev–Trinajstić information content (AvgIpc) is 2.74. The smallest absolute Gasteiger partial charge is 0.407 e. The van der Waals surface area contributed by atoms with E-state index in [1.54, 1.807) is 20.8 Å². The molecule has 0 bridgehead atoms. The van der Waals surface area contributed by atoms with Crippen LogP contribution in [-0.4, -0.2) is 57.7 Å². The van der Waals surface area contributed by atoms with Crippen molar-refractivity contribution in [3.63, 3.8) is 0 Å². The van der Waals surface area contributed by atoms with Crippen molar-refractivity contribution in [3.05, 3.63) is 29.3 Å². The first-order chi connectivity index (χ1) is 17.3. The Labute approximate surface area is 226 Å². The van der Waals surface area contributed by atoms with Crippen LogP contribution in [0.15, 0.2) is 18.2 Å². The van der Waals surface area contributed by atoms with Crippen molar-refractivity contribution in [2.75, 3.05) is 6.61 Å². The Morgan fingerprint density at radius 3 is 2.05 bits per heavy atom. The van der Waals surface area contributed by atoms with Crippen molar-refractivity contribution in [3.8, 4) is 5.75 Å². The molecule has 0 saturated heterocycles. The number of carboxylic acid groups (broad SMARTS) is 2. The predicted molar refractivity (Wildman–Crippen MR) is 146 cm³/mol. The van der Waals surface area contributed by atoms with Crippen molar-refractivity contribution in [1.82, 2.24) is 5.32 Å². The van der Waals surface area contributed by atoms with Gasteiger partial charge in [0.05, 0.1) is 18.1 Å². The van der Waals surface area contributed by atoms with Crippen LogP contribution in [0, 0.1) is 17.8 Å². The second kappa shape index (κ2) is 13.8. The number of hydrogen-bond acceptors (Lipinski definition) is 6. The quantitative estimate of drug-likeness (QED) is 0.275. The normalized spacial score (nSPS) is 15.3. The second-order valence-corrected chi connectivity index (χ2v) is 12.5. The third kappa shape index (κ3) is 11.7. The summed E-state index contributed by atoms with van der Waals surface area (Å²) in [4.78, 5) is 35.1. The molecule has 0 saturated carbocycles. The number of alkyl carbamates (subject to hydrolysis) is 1. The molecule has 38 heavy (non-hydrogen) atoms. The molecule has 0 aliphatic rings. The Morgan fingerprint density at radius 1 is 0.974 bits per heavy atom. The van der Waals surface area contributed by atoms with E-state index in [9.17, 15) is 24.6 Å². The van der Waals surface area contributed by atoms with E-state index in [0.29, 0.717) is 18.6 Å². The molecule has 9 nitrogen and oxygen atoms in total. The third-order valence-corrected chi connectivity index (χ3v) is 6.39. The molecule has 1 unspecified atom stereocenters. The Bertz CT molecular complexity index is 945. The van der Waals surface area contributed by atoms with Gasteiger partial charge >= 0.3 is 18.0 Å². The lowest BCUT2D eigenvalue weighted by Gasteiger charge is -2.32. The summed E-state index contributed by atoms with van der Waals surface area (Å²) in [6.45, 7) is 16.5. The highest BCUT2D eigenvalue weighted by atomic mass is 16.6. The first-order valence-electron chi connectivity index (χ1n) is 13.2. The lowest BCUT2D eigenvalue weighted by Crippen LogP contribution is -2.47. The highest BCUT2D eigenvalue weighted by molar-refractivity contribution is 5.70. The second-order valence-electron chi connectivity index (χ2n) is 12.5. The van der Waals surface area contributed by atoms with Crippen LogP contribution in [-0.2, 0) is 26.2 Å². The SMILES string of the molecule is CC(C[C@H](O)[C@H](C[C@H](Cc1ccc(C(C)(C)C)c(OCC(=O)O)c1)C(C)C)NC(=O)OC(C)(C)C)C(=O)O. The number of amides is 1. The van der Waals surface area contributed by atoms with E-state index in [0.717, 1.165) is 11.1 Å². The van der Waals surface area contributed by atoms with Gasteiger partial charge in [0.15, 0.2) is 6.61 Å². The Morgan fingerprint density at radius 2 is 1.58 bits per heavy atom. The van der Waals surface area contributed by atoms with Gasteiger partial charge in [0, 0.05) is 0 Å².